The zero-order chi connectivity index (χ0) is 13.0. The van der Waals surface area contributed by atoms with Gasteiger partial charge in [0.15, 0.2) is 0 Å². The molecule has 1 aromatic carbocycles. The lowest BCUT2D eigenvalue weighted by Gasteiger charge is -2.00. The van der Waals surface area contributed by atoms with E-state index in [9.17, 15) is 4.39 Å². The Morgan fingerprint density at radius 1 is 1.22 bits per heavy atom. The fraction of sp³-hybridized carbons (Fsp3) is 0.0769. The Balaban J connectivity index is 2.24. The minimum Gasteiger partial charge on any atom is -0.372 e. The second-order valence-electron chi connectivity index (χ2n) is 3.55. The predicted octanol–water partition coefficient (Wildman–Crippen LogP) is 3.48. The summed E-state index contributed by atoms with van der Waals surface area (Å²) in [6.45, 7) is 0. The summed E-state index contributed by atoms with van der Waals surface area (Å²) in [6.07, 6.45) is 6.44. The lowest BCUT2D eigenvalue weighted by molar-refractivity contribution is 0.625. The van der Waals surface area contributed by atoms with Crippen LogP contribution in [0.1, 0.15) is 11.3 Å². The Morgan fingerprint density at radius 3 is 2.67 bits per heavy atom. The molecule has 0 aliphatic heterocycles. The molecule has 0 aliphatic rings. The van der Waals surface area contributed by atoms with Gasteiger partial charge in [-0.2, -0.15) is 0 Å². The molecule has 18 heavy (non-hydrogen) atoms. The van der Waals surface area contributed by atoms with Crippen molar-refractivity contribution in [3.8, 4) is 0 Å². The van der Waals surface area contributed by atoms with Crippen LogP contribution in [-0.2, 0) is 0 Å². The summed E-state index contributed by atoms with van der Waals surface area (Å²) in [5.74, 6) is 0.314. The van der Waals surface area contributed by atoms with E-state index in [1.54, 1.807) is 43.7 Å². The molecule has 0 atom stereocenters. The molecule has 0 radical (unpaired) electrons. The number of nitrogens with zero attached hydrogens (tertiary/aromatic N) is 2. The smallest absolute Gasteiger partial charge is 0.144 e. The summed E-state index contributed by atoms with van der Waals surface area (Å²) in [6, 6.07) is 4.57. The van der Waals surface area contributed by atoms with Gasteiger partial charge in [-0.3, -0.25) is 4.98 Å². The molecule has 92 valence electrons. The van der Waals surface area contributed by atoms with E-state index in [0.717, 1.165) is 0 Å². The summed E-state index contributed by atoms with van der Waals surface area (Å²) in [4.78, 5) is 8.25. The maximum Gasteiger partial charge on any atom is 0.144 e. The monoisotopic (exact) mass is 263 g/mol. The molecule has 0 saturated heterocycles. The number of halogens is 2. The molecule has 1 N–H and O–H groups in total. The minimum absolute atomic E-state index is 0.346. The first kappa shape index (κ1) is 12.5. The number of hydrogen-bond donors (Lipinski definition) is 1. The third-order valence-corrected chi connectivity index (χ3v) is 2.68. The Hall–Kier alpha value is -1.94. The van der Waals surface area contributed by atoms with Crippen LogP contribution < -0.4 is 5.32 Å². The van der Waals surface area contributed by atoms with Crippen molar-refractivity contribution in [3.63, 3.8) is 0 Å². The topological polar surface area (TPSA) is 37.8 Å². The number of hydrogen-bond acceptors (Lipinski definition) is 3. The molecule has 2 rings (SSSR count). The maximum atomic E-state index is 13.5. The van der Waals surface area contributed by atoms with Gasteiger partial charge in [0.1, 0.15) is 11.6 Å². The molecule has 5 heteroatoms. The Kier molecular flexibility index (Phi) is 3.89. The number of rotatable bonds is 3. The van der Waals surface area contributed by atoms with Gasteiger partial charge in [0.05, 0.1) is 23.1 Å². The number of anilines is 1. The van der Waals surface area contributed by atoms with E-state index in [2.05, 4.69) is 15.3 Å². The average molecular weight is 264 g/mol. The highest BCUT2D eigenvalue weighted by atomic mass is 35.5. The average Bonchev–Trinajstić information content (AvgIpc) is 2.39. The van der Waals surface area contributed by atoms with Crippen LogP contribution in [0.3, 0.4) is 0 Å². The van der Waals surface area contributed by atoms with Crippen LogP contribution in [0.2, 0.25) is 5.02 Å². The number of benzene rings is 1. The van der Waals surface area contributed by atoms with Gasteiger partial charge in [-0.25, -0.2) is 9.37 Å². The van der Waals surface area contributed by atoms with Gasteiger partial charge in [-0.1, -0.05) is 17.7 Å². The molecule has 0 bridgehead atoms. The molecule has 3 nitrogen and oxygen atoms in total. The van der Waals surface area contributed by atoms with Crippen LogP contribution >= 0.6 is 11.6 Å². The molecule has 1 aromatic heterocycles. The largest absolute Gasteiger partial charge is 0.372 e. The molecule has 0 saturated carbocycles. The van der Waals surface area contributed by atoms with Gasteiger partial charge in [0, 0.05) is 12.6 Å². The number of nitrogens with one attached hydrogen (secondary N) is 1. The fourth-order valence-electron chi connectivity index (χ4n) is 1.39. The van der Waals surface area contributed by atoms with Crippen LogP contribution in [-0.4, -0.2) is 17.0 Å². The Labute approximate surface area is 109 Å². The van der Waals surface area contributed by atoms with Crippen molar-refractivity contribution < 1.29 is 4.39 Å². The first-order valence-electron chi connectivity index (χ1n) is 5.32. The molecule has 0 fully saturated rings. The maximum absolute atomic E-state index is 13.5. The molecule has 0 aliphatic carbocycles. The molecule has 0 amide bonds. The van der Waals surface area contributed by atoms with E-state index >= 15 is 0 Å². The second-order valence-corrected chi connectivity index (χ2v) is 3.95. The van der Waals surface area contributed by atoms with Crippen molar-refractivity contribution in [2.45, 2.75) is 0 Å². The predicted molar refractivity (Wildman–Crippen MR) is 71.9 cm³/mol. The van der Waals surface area contributed by atoms with Crippen molar-refractivity contribution in [3.05, 3.63) is 52.7 Å². The lowest BCUT2D eigenvalue weighted by Crippen LogP contribution is -1.93. The van der Waals surface area contributed by atoms with E-state index in [1.807, 2.05) is 0 Å². The highest BCUT2D eigenvalue weighted by Gasteiger charge is 2.02. The SMILES string of the molecule is CNc1cnc(/C=C/c2c(F)cccc2Cl)cn1. The first-order valence-corrected chi connectivity index (χ1v) is 5.70. The normalized spacial score (nSPS) is 10.8. The standard InChI is InChI=1S/C13H11ClFN3/c1-16-13-8-17-9(7-18-13)5-6-10-11(14)3-2-4-12(10)15/h2-8H,1H3,(H,16,18)/b6-5+. The van der Waals surface area contributed by atoms with E-state index in [4.69, 9.17) is 11.6 Å². The highest BCUT2D eigenvalue weighted by molar-refractivity contribution is 6.32. The van der Waals surface area contributed by atoms with Gasteiger partial charge in [0.2, 0.25) is 0 Å². The van der Waals surface area contributed by atoms with Crippen LogP contribution in [0.25, 0.3) is 12.2 Å². The quantitative estimate of drug-likeness (QED) is 0.921. The van der Waals surface area contributed by atoms with Crippen molar-refractivity contribution in [1.82, 2.24) is 9.97 Å². The summed E-state index contributed by atoms with van der Waals surface area (Å²) >= 11 is 5.91. The molecule has 0 spiro atoms. The summed E-state index contributed by atoms with van der Waals surface area (Å²) in [5, 5.41) is 3.23. The van der Waals surface area contributed by atoms with Crippen LogP contribution in [0.4, 0.5) is 10.2 Å². The van der Waals surface area contributed by atoms with Gasteiger partial charge in [-0.15, -0.1) is 0 Å². The summed E-state index contributed by atoms with van der Waals surface area (Å²) < 4.78 is 13.5. The second kappa shape index (κ2) is 5.60. The summed E-state index contributed by atoms with van der Waals surface area (Å²) in [5.41, 5.74) is 0.979. The van der Waals surface area contributed by atoms with Crippen molar-refractivity contribution in [1.29, 1.82) is 0 Å². The fourth-order valence-corrected chi connectivity index (χ4v) is 1.62. The molecular formula is C13H11ClFN3. The van der Waals surface area contributed by atoms with Crippen molar-refractivity contribution in [2.24, 2.45) is 0 Å². The Morgan fingerprint density at radius 2 is 2.06 bits per heavy atom. The van der Waals surface area contributed by atoms with Crippen LogP contribution in [0.5, 0.6) is 0 Å². The molecule has 1 heterocycles. The zero-order valence-electron chi connectivity index (χ0n) is 9.69. The molecule has 2 aromatic rings. The van der Waals surface area contributed by atoms with Crippen molar-refractivity contribution in [2.75, 3.05) is 12.4 Å². The van der Waals surface area contributed by atoms with Gasteiger partial charge in [-0.05, 0) is 24.3 Å². The van der Waals surface area contributed by atoms with Crippen LogP contribution in [0, 0.1) is 5.82 Å². The number of aromatic nitrogens is 2. The first-order chi connectivity index (χ1) is 8.70. The van der Waals surface area contributed by atoms with Gasteiger partial charge >= 0.3 is 0 Å². The lowest BCUT2D eigenvalue weighted by atomic mass is 10.2. The Bertz CT molecular complexity index is 547. The minimum atomic E-state index is -0.362. The summed E-state index contributed by atoms with van der Waals surface area (Å²) in [7, 11) is 1.76. The van der Waals surface area contributed by atoms with Gasteiger partial charge < -0.3 is 5.32 Å². The van der Waals surface area contributed by atoms with Gasteiger partial charge in [0.25, 0.3) is 0 Å². The third-order valence-electron chi connectivity index (χ3n) is 2.35. The molecule has 0 unspecified atom stereocenters. The van der Waals surface area contributed by atoms with E-state index in [1.165, 1.54) is 6.07 Å². The van der Waals surface area contributed by atoms with E-state index in [-0.39, 0.29) is 5.82 Å². The van der Waals surface area contributed by atoms with E-state index in [0.29, 0.717) is 22.1 Å². The third kappa shape index (κ3) is 2.84. The van der Waals surface area contributed by atoms with E-state index < -0.39 is 0 Å². The zero-order valence-corrected chi connectivity index (χ0v) is 10.4. The van der Waals surface area contributed by atoms with Crippen molar-refractivity contribution >= 4 is 29.6 Å². The molecular weight excluding hydrogens is 253 g/mol. The van der Waals surface area contributed by atoms with Crippen LogP contribution in [0.15, 0.2) is 30.6 Å². The highest BCUT2D eigenvalue weighted by Crippen LogP contribution is 2.21.